The smallest absolute Gasteiger partial charge is 0.337 e. The lowest BCUT2D eigenvalue weighted by Gasteiger charge is -2.11. The molecule has 7 nitrogen and oxygen atoms in total. The number of methoxy groups -OCH3 is 1. The summed E-state index contributed by atoms with van der Waals surface area (Å²) in [6, 6.07) is 24.8. The van der Waals surface area contributed by atoms with E-state index in [2.05, 4.69) is 33.7 Å². The monoisotopic (exact) mass is 504 g/mol. The van der Waals surface area contributed by atoms with Gasteiger partial charge >= 0.3 is 5.97 Å². The van der Waals surface area contributed by atoms with Gasteiger partial charge in [0, 0.05) is 16.3 Å². The number of nitrogens with zero attached hydrogens (tertiary/aromatic N) is 3. The molecule has 178 valence electrons. The van der Waals surface area contributed by atoms with Crippen molar-refractivity contribution >= 4 is 41.1 Å². The summed E-state index contributed by atoms with van der Waals surface area (Å²) in [5.41, 5.74) is 3.11. The van der Waals surface area contributed by atoms with Gasteiger partial charge in [-0.3, -0.25) is 9.36 Å². The quantitative estimate of drug-likeness (QED) is 0.242. The number of esters is 1. The van der Waals surface area contributed by atoms with Crippen molar-refractivity contribution in [3.05, 3.63) is 95.8 Å². The largest absolute Gasteiger partial charge is 0.465 e. The Bertz CT molecular complexity index is 1310. The summed E-state index contributed by atoms with van der Waals surface area (Å²) in [6.07, 6.45) is 0. The van der Waals surface area contributed by atoms with Gasteiger partial charge in [-0.1, -0.05) is 42.1 Å². The number of anilines is 1. The third kappa shape index (κ3) is 6.52. The molecule has 0 aliphatic rings. The third-order valence-corrected chi connectivity index (χ3v) is 6.93. The zero-order chi connectivity index (χ0) is 24.6. The number of amides is 1. The molecule has 9 heteroatoms. The maximum Gasteiger partial charge on any atom is 0.337 e. The minimum atomic E-state index is -0.421. The summed E-state index contributed by atoms with van der Waals surface area (Å²) < 4.78 is 6.70. The van der Waals surface area contributed by atoms with E-state index in [1.54, 1.807) is 36.0 Å². The Hall–Kier alpha value is -3.56. The van der Waals surface area contributed by atoms with Crippen molar-refractivity contribution in [2.75, 3.05) is 18.2 Å². The zero-order valence-electron chi connectivity index (χ0n) is 19.3. The first-order valence-electron chi connectivity index (χ1n) is 10.8. The van der Waals surface area contributed by atoms with Crippen LogP contribution in [0.25, 0.3) is 5.69 Å². The molecular weight excluding hydrogens is 480 g/mol. The molecule has 0 radical (unpaired) electrons. The van der Waals surface area contributed by atoms with Crippen LogP contribution in [0.4, 0.5) is 5.69 Å². The Balaban J connectivity index is 1.47. The van der Waals surface area contributed by atoms with E-state index in [1.807, 2.05) is 47.9 Å². The van der Waals surface area contributed by atoms with Gasteiger partial charge < -0.3 is 10.1 Å². The highest BCUT2D eigenvalue weighted by Gasteiger charge is 2.17. The van der Waals surface area contributed by atoms with Crippen molar-refractivity contribution in [3.8, 4) is 5.69 Å². The van der Waals surface area contributed by atoms with Gasteiger partial charge in [0.25, 0.3) is 0 Å². The van der Waals surface area contributed by atoms with Gasteiger partial charge in [0.1, 0.15) is 5.82 Å². The maximum atomic E-state index is 12.6. The topological polar surface area (TPSA) is 86.1 Å². The predicted octanol–water partition coefficient (Wildman–Crippen LogP) is 5.39. The molecule has 0 aliphatic heterocycles. The molecule has 35 heavy (non-hydrogen) atoms. The summed E-state index contributed by atoms with van der Waals surface area (Å²) in [4.78, 5) is 25.3. The van der Waals surface area contributed by atoms with Crippen LogP contribution in [0.2, 0.25) is 0 Å². The number of nitrogens with one attached hydrogen (secondary N) is 1. The normalized spacial score (nSPS) is 10.7. The van der Waals surface area contributed by atoms with Crippen LogP contribution in [-0.4, -0.2) is 39.5 Å². The Morgan fingerprint density at radius 3 is 2.43 bits per heavy atom. The van der Waals surface area contributed by atoms with Crippen LogP contribution in [0.5, 0.6) is 0 Å². The molecule has 1 N–H and O–H groups in total. The summed E-state index contributed by atoms with van der Waals surface area (Å²) >= 11 is 3.01. The number of thioether (sulfide) groups is 2. The van der Waals surface area contributed by atoms with Crippen molar-refractivity contribution < 1.29 is 14.3 Å². The van der Waals surface area contributed by atoms with E-state index in [0.717, 1.165) is 22.0 Å². The molecule has 1 aromatic heterocycles. The van der Waals surface area contributed by atoms with Crippen molar-refractivity contribution in [2.45, 2.75) is 22.7 Å². The third-order valence-electron chi connectivity index (χ3n) is 4.99. The molecule has 0 bridgehead atoms. The van der Waals surface area contributed by atoms with Crippen LogP contribution >= 0.6 is 23.5 Å². The fraction of sp³-hybridized carbons (Fsp3) is 0.154. The van der Waals surface area contributed by atoms with Crippen molar-refractivity contribution in [2.24, 2.45) is 0 Å². The first-order chi connectivity index (χ1) is 17.0. The number of rotatable bonds is 9. The minimum Gasteiger partial charge on any atom is -0.465 e. The molecule has 4 rings (SSSR count). The first kappa shape index (κ1) is 24.6. The number of carbonyl (C=O) groups is 2. The number of benzene rings is 3. The highest BCUT2D eigenvalue weighted by Crippen LogP contribution is 2.27. The molecule has 0 fully saturated rings. The van der Waals surface area contributed by atoms with Crippen LogP contribution in [0.15, 0.2) is 88.9 Å². The van der Waals surface area contributed by atoms with Crippen LogP contribution in [0.3, 0.4) is 0 Å². The van der Waals surface area contributed by atoms with E-state index in [4.69, 9.17) is 4.74 Å². The van der Waals surface area contributed by atoms with Gasteiger partial charge in [-0.25, -0.2) is 4.79 Å². The SMILES string of the molecule is COC(=O)c1ccc(NC(=O)CSc2nnc(CSc3ccccc3)n2-c2cccc(C)c2)cc1. The molecular formula is C26H24N4O3S2. The Morgan fingerprint density at radius 2 is 1.71 bits per heavy atom. The fourth-order valence-electron chi connectivity index (χ4n) is 3.31. The van der Waals surface area contributed by atoms with E-state index in [9.17, 15) is 9.59 Å². The Kier molecular flexibility index (Phi) is 8.23. The van der Waals surface area contributed by atoms with Crippen LogP contribution in [0.1, 0.15) is 21.7 Å². The number of ether oxygens (including phenoxy) is 1. The van der Waals surface area contributed by atoms with Crippen LogP contribution in [0, 0.1) is 6.92 Å². The number of aromatic nitrogens is 3. The summed E-state index contributed by atoms with van der Waals surface area (Å²) in [6.45, 7) is 2.04. The van der Waals surface area contributed by atoms with E-state index >= 15 is 0 Å². The second kappa shape index (κ2) is 11.7. The lowest BCUT2D eigenvalue weighted by atomic mass is 10.2. The second-order valence-corrected chi connectivity index (χ2v) is 9.57. The van der Waals surface area contributed by atoms with Crippen LogP contribution in [-0.2, 0) is 15.3 Å². The first-order valence-corrected chi connectivity index (χ1v) is 12.8. The lowest BCUT2D eigenvalue weighted by molar-refractivity contribution is -0.113. The van der Waals surface area contributed by atoms with Gasteiger partial charge in [0.05, 0.1) is 24.2 Å². The highest BCUT2D eigenvalue weighted by molar-refractivity contribution is 7.99. The van der Waals surface area contributed by atoms with Gasteiger partial charge in [0.2, 0.25) is 5.91 Å². The molecule has 0 saturated carbocycles. The van der Waals surface area contributed by atoms with Crippen molar-refractivity contribution in [1.29, 1.82) is 0 Å². The Labute approximate surface area is 212 Å². The molecule has 0 unspecified atom stereocenters. The summed E-state index contributed by atoms with van der Waals surface area (Å²) in [7, 11) is 1.33. The average molecular weight is 505 g/mol. The minimum absolute atomic E-state index is 0.161. The lowest BCUT2D eigenvalue weighted by Crippen LogP contribution is -2.15. The summed E-state index contributed by atoms with van der Waals surface area (Å²) in [5.74, 6) is 1.01. The van der Waals surface area contributed by atoms with E-state index in [0.29, 0.717) is 22.2 Å². The molecule has 3 aromatic carbocycles. The number of carbonyl (C=O) groups excluding carboxylic acids is 2. The fourth-order valence-corrected chi connectivity index (χ4v) is 4.92. The van der Waals surface area contributed by atoms with Crippen molar-refractivity contribution in [3.63, 3.8) is 0 Å². The molecule has 0 atom stereocenters. The average Bonchev–Trinajstić information content (AvgIpc) is 3.29. The molecule has 0 saturated heterocycles. The van der Waals surface area contributed by atoms with E-state index in [-0.39, 0.29) is 11.7 Å². The zero-order valence-corrected chi connectivity index (χ0v) is 20.9. The molecule has 0 aliphatic carbocycles. The van der Waals surface area contributed by atoms with E-state index in [1.165, 1.54) is 18.9 Å². The van der Waals surface area contributed by atoms with Crippen molar-refractivity contribution in [1.82, 2.24) is 14.8 Å². The number of hydrogen-bond acceptors (Lipinski definition) is 7. The number of hydrogen-bond donors (Lipinski definition) is 1. The van der Waals surface area contributed by atoms with Gasteiger partial charge in [-0.2, -0.15) is 0 Å². The molecule has 4 aromatic rings. The van der Waals surface area contributed by atoms with Crippen LogP contribution < -0.4 is 5.32 Å². The highest BCUT2D eigenvalue weighted by atomic mass is 32.2. The van der Waals surface area contributed by atoms with E-state index < -0.39 is 5.97 Å². The second-order valence-electron chi connectivity index (χ2n) is 7.58. The molecule has 1 heterocycles. The van der Waals surface area contributed by atoms with Gasteiger partial charge in [-0.15, -0.1) is 22.0 Å². The number of aryl methyl sites for hydroxylation is 1. The maximum absolute atomic E-state index is 12.6. The Morgan fingerprint density at radius 1 is 0.943 bits per heavy atom. The molecule has 1 amide bonds. The van der Waals surface area contributed by atoms with Gasteiger partial charge in [-0.05, 0) is 61.0 Å². The standard InChI is InChI=1S/C26H24N4O3S2/c1-18-7-6-8-21(15-18)30-23(16-34-22-9-4-3-5-10-22)28-29-26(30)35-17-24(31)27-20-13-11-19(12-14-20)25(32)33-2/h3-15H,16-17H2,1-2H3,(H,27,31). The summed E-state index contributed by atoms with van der Waals surface area (Å²) in [5, 5.41) is 12.3. The molecule has 0 spiro atoms. The van der Waals surface area contributed by atoms with Gasteiger partial charge in [0.15, 0.2) is 5.16 Å². The predicted molar refractivity (Wildman–Crippen MR) is 139 cm³/mol.